The summed E-state index contributed by atoms with van der Waals surface area (Å²) in [5.41, 5.74) is 2.94. The molecular weight excluding hydrogens is 372 g/mol. The van der Waals surface area contributed by atoms with E-state index in [4.69, 9.17) is 9.84 Å². The molecule has 0 saturated heterocycles. The number of amides is 2. The molecule has 2 aromatic rings. The van der Waals surface area contributed by atoms with Gasteiger partial charge in [0.1, 0.15) is 5.75 Å². The number of carbonyl (C=O) groups excluding carboxylic acids is 2. The van der Waals surface area contributed by atoms with E-state index in [2.05, 4.69) is 0 Å². The Morgan fingerprint density at radius 1 is 1.10 bits per heavy atom. The standard InChI is InChI=1S/C22H24N2O5/c1-23(14-16-6-9-18(10-7-16)29-15-22(27)28)20(25)12-13-24-19-5-3-2-4-17(19)8-11-21(24)26/h2-7,9-10H,8,11-15H2,1H3,(H,27,28). The maximum atomic E-state index is 12.6. The number of benzene rings is 2. The van der Waals surface area contributed by atoms with E-state index >= 15 is 0 Å². The maximum Gasteiger partial charge on any atom is 0.341 e. The van der Waals surface area contributed by atoms with Crippen molar-refractivity contribution in [1.82, 2.24) is 4.90 Å². The molecule has 0 bridgehead atoms. The zero-order chi connectivity index (χ0) is 20.8. The minimum atomic E-state index is -1.03. The molecule has 7 heteroatoms. The van der Waals surface area contributed by atoms with Gasteiger partial charge in [-0.25, -0.2) is 4.79 Å². The van der Waals surface area contributed by atoms with Gasteiger partial charge in [-0.1, -0.05) is 30.3 Å². The first-order chi connectivity index (χ1) is 13.9. The van der Waals surface area contributed by atoms with E-state index in [0.717, 1.165) is 23.2 Å². The van der Waals surface area contributed by atoms with Gasteiger partial charge >= 0.3 is 5.97 Å². The van der Waals surface area contributed by atoms with Crippen LogP contribution in [0.4, 0.5) is 5.69 Å². The number of carboxylic acids is 1. The van der Waals surface area contributed by atoms with Crippen LogP contribution in [0.1, 0.15) is 24.0 Å². The van der Waals surface area contributed by atoms with Crippen molar-refractivity contribution in [2.75, 3.05) is 25.1 Å². The minimum absolute atomic E-state index is 0.0490. The third-order valence-electron chi connectivity index (χ3n) is 4.87. The van der Waals surface area contributed by atoms with Crippen molar-refractivity contribution in [1.29, 1.82) is 0 Å². The summed E-state index contributed by atoms with van der Waals surface area (Å²) in [5.74, 6) is -0.565. The van der Waals surface area contributed by atoms with Crippen LogP contribution in [0.2, 0.25) is 0 Å². The number of hydrogen-bond acceptors (Lipinski definition) is 4. The highest BCUT2D eigenvalue weighted by Gasteiger charge is 2.24. The number of carbonyl (C=O) groups is 3. The highest BCUT2D eigenvalue weighted by molar-refractivity contribution is 5.97. The van der Waals surface area contributed by atoms with Crippen LogP contribution in [-0.2, 0) is 27.3 Å². The minimum Gasteiger partial charge on any atom is -0.482 e. The molecule has 152 valence electrons. The number of nitrogens with zero attached hydrogens (tertiary/aromatic N) is 2. The number of anilines is 1. The average Bonchev–Trinajstić information content (AvgIpc) is 2.72. The van der Waals surface area contributed by atoms with Gasteiger partial charge in [-0.15, -0.1) is 0 Å². The van der Waals surface area contributed by atoms with Gasteiger partial charge in [-0.3, -0.25) is 9.59 Å². The summed E-state index contributed by atoms with van der Waals surface area (Å²) < 4.78 is 5.10. The summed E-state index contributed by atoms with van der Waals surface area (Å²) >= 11 is 0. The van der Waals surface area contributed by atoms with Crippen LogP contribution in [0.25, 0.3) is 0 Å². The fraction of sp³-hybridized carbons (Fsp3) is 0.318. The van der Waals surface area contributed by atoms with E-state index in [-0.39, 0.29) is 18.2 Å². The molecule has 0 radical (unpaired) electrons. The van der Waals surface area contributed by atoms with Crippen molar-refractivity contribution < 1.29 is 24.2 Å². The Kier molecular flexibility index (Phi) is 6.49. The average molecular weight is 396 g/mol. The molecule has 0 saturated carbocycles. The first-order valence-electron chi connectivity index (χ1n) is 9.50. The van der Waals surface area contributed by atoms with E-state index in [9.17, 15) is 14.4 Å². The van der Waals surface area contributed by atoms with Gasteiger partial charge in [0, 0.05) is 38.7 Å². The maximum absolute atomic E-state index is 12.6. The summed E-state index contributed by atoms with van der Waals surface area (Å²) in [7, 11) is 1.73. The summed E-state index contributed by atoms with van der Waals surface area (Å²) in [6, 6.07) is 14.8. The predicted octanol–water partition coefficient (Wildman–Crippen LogP) is 2.48. The monoisotopic (exact) mass is 396 g/mol. The molecule has 3 rings (SSSR count). The normalized spacial score (nSPS) is 13.0. The van der Waals surface area contributed by atoms with Crippen LogP contribution in [0.15, 0.2) is 48.5 Å². The Hall–Kier alpha value is -3.35. The van der Waals surface area contributed by atoms with Crippen LogP contribution in [0.3, 0.4) is 0 Å². The molecule has 0 aromatic heterocycles. The fourth-order valence-electron chi connectivity index (χ4n) is 3.34. The van der Waals surface area contributed by atoms with Gasteiger partial charge in [0.2, 0.25) is 11.8 Å². The van der Waals surface area contributed by atoms with Gasteiger partial charge in [-0.2, -0.15) is 0 Å². The first kappa shape index (κ1) is 20.4. The highest BCUT2D eigenvalue weighted by atomic mass is 16.5. The Balaban J connectivity index is 1.53. The summed E-state index contributed by atoms with van der Waals surface area (Å²) in [4.78, 5) is 38.7. The number of ether oxygens (including phenoxy) is 1. The lowest BCUT2D eigenvalue weighted by atomic mass is 10.0. The van der Waals surface area contributed by atoms with Gasteiger partial charge in [-0.05, 0) is 35.7 Å². The van der Waals surface area contributed by atoms with E-state index < -0.39 is 12.6 Å². The van der Waals surface area contributed by atoms with Crippen molar-refractivity contribution >= 4 is 23.5 Å². The SMILES string of the molecule is CN(Cc1ccc(OCC(=O)O)cc1)C(=O)CCN1C(=O)CCc2ccccc21. The molecule has 1 aliphatic rings. The lowest BCUT2D eigenvalue weighted by Crippen LogP contribution is -2.38. The first-order valence-corrected chi connectivity index (χ1v) is 9.50. The number of aryl methyl sites for hydroxylation is 1. The lowest BCUT2D eigenvalue weighted by molar-refractivity contribution is -0.139. The number of carboxylic acid groups (broad SMARTS) is 1. The van der Waals surface area contributed by atoms with Crippen LogP contribution in [-0.4, -0.2) is 48.0 Å². The molecule has 7 nitrogen and oxygen atoms in total. The number of fused-ring (bicyclic) bond motifs is 1. The number of rotatable bonds is 8. The van der Waals surface area contributed by atoms with E-state index in [1.807, 2.05) is 24.3 Å². The van der Waals surface area contributed by atoms with Crippen molar-refractivity contribution in [3.05, 3.63) is 59.7 Å². The highest BCUT2D eigenvalue weighted by Crippen LogP contribution is 2.27. The van der Waals surface area contributed by atoms with E-state index in [1.54, 1.807) is 41.1 Å². The quantitative estimate of drug-likeness (QED) is 0.741. The summed E-state index contributed by atoms with van der Waals surface area (Å²) in [6.07, 6.45) is 1.46. The largest absolute Gasteiger partial charge is 0.482 e. The van der Waals surface area contributed by atoms with Gasteiger partial charge in [0.15, 0.2) is 6.61 Å². The van der Waals surface area contributed by atoms with Gasteiger partial charge < -0.3 is 19.6 Å². The molecule has 0 aliphatic carbocycles. The molecule has 0 atom stereocenters. The Morgan fingerprint density at radius 2 is 1.83 bits per heavy atom. The number of hydrogen-bond donors (Lipinski definition) is 1. The molecule has 0 unspecified atom stereocenters. The van der Waals surface area contributed by atoms with Crippen LogP contribution < -0.4 is 9.64 Å². The van der Waals surface area contributed by atoms with Crippen molar-refractivity contribution in [2.24, 2.45) is 0 Å². The second-order valence-electron chi connectivity index (χ2n) is 7.00. The topological polar surface area (TPSA) is 87.2 Å². The molecule has 1 heterocycles. The molecular formula is C22H24N2O5. The number of para-hydroxylation sites is 1. The molecule has 0 fully saturated rings. The molecule has 29 heavy (non-hydrogen) atoms. The lowest BCUT2D eigenvalue weighted by Gasteiger charge is -2.29. The van der Waals surface area contributed by atoms with Gasteiger partial charge in [0.05, 0.1) is 0 Å². The summed E-state index contributed by atoms with van der Waals surface area (Å²) in [5, 5.41) is 8.63. The molecule has 1 N–H and O–H groups in total. The second kappa shape index (κ2) is 9.23. The number of aliphatic carboxylic acids is 1. The molecule has 2 aromatic carbocycles. The van der Waals surface area contributed by atoms with Crippen molar-refractivity contribution in [3.8, 4) is 5.75 Å². The Bertz CT molecular complexity index is 894. The van der Waals surface area contributed by atoms with Crippen molar-refractivity contribution in [2.45, 2.75) is 25.8 Å². The van der Waals surface area contributed by atoms with E-state index in [0.29, 0.717) is 25.3 Å². The smallest absolute Gasteiger partial charge is 0.341 e. The van der Waals surface area contributed by atoms with Crippen molar-refractivity contribution in [3.63, 3.8) is 0 Å². The van der Waals surface area contributed by atoms with Crippen LogP contribution in [0.5, 0.6) is 5.75 Å². The zero-order valence-electron chi connectivity index (χ0n) is 16.3. The molecule has 2 amide bonds. The summed E-state index contributed by atoms with van der Waals surface area (Å²) in [6.45, 7) is 0.389. The Morgan fingerprint density at radius 3 is 2.55 bits per heavy atom. The van der Waals surface area contributed by atoms with Crippen LogP contribution in [0, 0.1) is 0 Å². The van der Waals surface area contributed by atoms with Crippen LogP contribution >= 0.6 is 0 Å². The second-order valence-corrected chi connectivity index (χ2v) is 7.00. The predicted molar refractivity (Wildman–Crippen MR) is 108 cm³/mol. The molecule has 1 aliphatic heterocycles. The van der Waals surface area contributed by atoms with E-state index in [1.165, 1.54) is 0 Å². The Labute approximate surface area is 169 Å². The van der Waals surface area contributed by atoms with Gasteiger partial charge in [0.25, 0.3) is 0 Å². The third-order valence-corrected chi connectivity index (χ3v) is 4.87. The fourth-order valence-corrected chi connectivity index (χ4v) is 3.34. The third kappa shape index (κ3) is 5.34. The zero-order valence-corrected chi connectivity index (χ0v) is 16.3. The molecule has 0 spiro atoms.